The van der Waals surface area contributed by atoms with Crippen molar-refractivity contribution in [1.29, 1.82) is 0 Å². The molecule has 2 amide bonds. The predicted octanol–water partition coefficient (Wildman–Crippen LogP) is 2.20. The monoisotopic (exact) mass is 521 g/mol. The van der Waals surface area contributed by atoms with E-state index in [0.29, 0.717) is 12.8 Å². The molecule has 192 valence electrons. The normalized spacial score (nSPS) is 15.4. The fourth-order valence-corrected chi connectivity index (χ4v) is 4.81. The van der Waals surface area contributed by atoms with Gasteiger partial charge < -0.3 is 20.5 Å². The number of benzene rings is 1. The lowest BCUT2D eigenvalue weighted by Crippen LogP contribution is -2.62. The van der Waals surface area contributed by atoms with Gasteiger partial charge in [0.05, 0.1) is 5.75 Å². The largest absolute Gasteiger partial charge is 0.361 e. The van der Waals surface area contributed by atoms with Crippen LogP contribution in [-0.2, 0) is 31.8 Å². The first-order valence-corrected chi connectivity index (χ1v) is 13.4. The number of thiocarbonyl (C=S) groups is 1. The van der Waals surface area contributed by atoms with Gasteiger partial charge in [0, 0.05) is 23.6 Å². The van der Waals surface area contributed by atoms with Crippen LogP contribution in [0.5, 0.6) is 0 Å². The summed E-state index contributed by atoms with van der Waals surface area (Å²) in [5.74, 6) is -0.652. The second kappa shape index (κ2) is 11.9. The molecule has 9 nitrogen and oxygen atoms in total. The highest BCUT2D eigenvalue weighted by Crippen LogP contribution is 2.32. The molecule has 1 fully saturated rings. The second-order valence-electron chi connectivity index (χ2n) is 9.02. The van der Waals surface area contributed by atoms with Crippen molar-refractivity contribution in [2.75, 3.05) is 27.7 Å². The van der Waals surface area contributed by atoms with Crippen LogP contribution >= 0.6 is 12.2 Å². The summed E-state index contributed by atoms with van der Waals surface area (Å²) in [6.07, 6.45) is 3.73. The number of allylic oxidation sites excluding steroid dienone is 1. The number of aromatic amines is 1. The molecule has 4 N–H and O–H groups in total. The van der Waals surface area contributed by atoms with Crippen LogP contribution in [-0.4, -0.2) is 62.9 Å². The maximum Gasteiger partial charge on any atom is 0.242 e. The van der Waals surface area contributed by atoms with E-state index in [9.17, 15) is 18.0 Å². The Morgan fingerprint density at radius 1 is 1.20 bits per heavy atom. The number of H-pyrrole nitrogens is 1. The standard InChI is InChI=1S/C14H21N3O2S.C10H14N2O2S/c1-15-20(18,19)10-11-4-5-14-13(8-11)12(9-16-14)6-7-17(2)3;1-4-10(5-6(2)3)7(13)11-9(15)12-8(10)14/h4-5,8-9,15-16H,6-7,10H2,1-3H3;2,4-5H2,1,3H3,(H2,11,12,13,14,15). The minimum atomic E-state index is -3.23. The fourth-order valence-electron chi connectivity index (χ4n) is 3.86. The highest BCUT2D eigenvalue weighted by atomic mass is 32.2. The quantitative estimate of drug-likeness (QED) is 0.228. The number of hydrogen-bond donors (Lipinski definition) is 4. The van der Waals surface area contributed by atoms with E-state index in [1.54, 1.807) is 13.8 Å². The zero-order chi connectivity index (χ0) is 26.4. The van der Waals surface area contributed by atoms with Gasteiger partial charge in [0.25, 0.3) is 0 Å². The van der Waals surface area contributed by atoms with Crippen LogP contribution in [0.2, 0.25) is 0 Å². The van der Waals surface area contributed by atoms with Crippen LogP contribution in [0.25, 0.3) is 10.9 Å². The van der Waals surface area contributed by atoms with Gasteiger partial charge in [-0.15, -0.1) is 6.58 Å². The van der Waals surface area contributed by atoms with E-state index in [1.807, 2.05) is 38.5 Å². The summed E-state index contributed by atoms with van der Waals surface area (Å²) in [7, 11) is 2.29. The number of aromatic nitrogens is 1. The molecular formula is C24H35N5O4S2. The van der Waals surface area contributed by atoms with E-state index >= 15 is 0 Å². The fraction of sp³-hybridized carbons (Fsp3) is 0.458. The van der Waals surface area contributed by atoms with Gasteiger partial charge in [0.2, 0.25) is 21.8 Å². The number of likely N-dealkylation sites (N-methyl/N-ethyl adjacent to an activating group) is 1. The SMILES string of the molecule is C=C(C)CC1(CC)C(=O)NC(=S)NC1=O.CNS(=O)(=O)Cc1ccc2[nH]cc(CCN(C)C)c2c1. The number of rotatable bonds is 9. The molecular weight excluding hydrogens is 486 g/mol. The van der Waals surface area contributed by atoms with Crippen molar-refractivity contribution in [3.05, 3.63) is 47.7 Å². The predicted molar refractivity (Wildman–Crippen MR) is 143 cm³/mol. The summed E-state index contributed by atoms with van der Waals surface area (Å²) in [5.41, 5.74) is 2.82. The Bertz CT molecular complexity index is 1200. The lowest BCUT2D eigenvalue weighted by Gasteiger charge is -2.34. The van der Waals surface area contributed by atoms with Crippen LogP contribution < -0.4 is 15.4 Å². The van der Waals surface area contributed by atoms with Crippen molar-refractivity contribution in [3.63, 3.8) is 0 Å². The third kappa shape index (κ3) is 7.44. The van der Waals surface area contributed by atoms with Gasteiger partial charge in [-0.25, -0.2) is 13.1 Å². The van der Waals surface area contributed by atoms with E-state index in [2.05, 4.69) is 31.8 Å². The van der Waals surface area contributed by atoms with Crippen LogP contribution in [0, 0.1) is 5.41 Å². The Hall–Kier alpha value is -2.60. The number of amides is 2. The molecule has 1 aromatic carbocycles. The molecule has 0 unspecified atom stereocenters. The Balaban J connectivity index is 0.000000258. The summed E-state index contributed by atoms with van der Waals surface area (Å²) in [5, 5.41) is 6.14. The molecule has 1 aliphatic rings. The molecule has 0 radical (unpaired) electrons. The maximum atomic E-state index is 11.8. The first-order chi connectivity index (χ1) is 16.3. The van der Waals surface area contributed by atoms with Gasteiger partial charge in [-0.1, -0.05) is 18.6 Å². The van der Waals surface area contributed by atoms with Gasteiger partial charge >= 0.3 is 0 Å². The lowest BCUT2D eigenvalue weighted by atomic mass is 9.77. The Labute approximate surface area is 212 Å². The van der Waals surface area contributed by atoms with E-state index in [0.717, 1.165) is 35.0 Å². The summed E-state index contributed by atoms with van der Waals surface area (Å²) < 4.78 is 25.6. The van der Waals surface area contributed by atoms with Gasteiger partial charge in [-0.05, 0) is 82.8 Å². The lowest BCUT2D eigenvalue weighted by molar-refractivity contribution is -0.143. The number of sulfonamides is 1. The highest BCUT2D eigenvalue weighted by Gasteiger charge is 2.47. The number of hydrogen-bond acceptors (Lipinski definition) is 6. The summed E-state index contributed by atoms with van der Waals surface area (Å²) in [6.45, 7) is 8.30. The van der Waals surface area contributed by atoms with Crippen molar-refractivity contribution in [3.8, 4) is 0 Å². The molecule has 3 rings (SSSR count). The molecule has 0 atom stereocenters. The molecule has 0 bridgehead atoms. The molecule has 0 aliphatic carbocycles. The van der Waals surface area contributed by atoms with Crippen LogP contribution in [0.3, 0.4) is 0 Å². The molecule has 11 heteroatoms. The van der Waals surface area contributed by atoms with Crippen LogP contribution in [0.4, 0.5) is 0 Å². The number of nitrogens with one attached hydrogen (secondary N) is 4. The van der Waals surface area contributed by atoms with Crippen molar-refractivity contribution < 1.29 is 18.0 Å². The van der Waals surface area contributed by atoms with E-state index in [4.69, 9.17) is 12.2 Å². The molecule has 1 aromatic heterocycles. The molecule has 35 heavy (non-hydrogen) atoms. The first-order valence-electron chi connectivity index (χ1n) is 11.3. The second-order valence-corrected chi connectivity index (χ2v) is 11.4. The number of fused-ring (bicyclic) bond motifs is 1. The average Bonchev–Trinajstić information content (AvgIpc) is 3.17. The molecule has 1 aliphatic heterocycles. The van der Waals surface area contributed by atoms with Crippen molar-refractivity contribution in [2.45, 2.75) is 38.9 Å². The number of carbonyl (C=O) groups is 2. The topological polar surface area (TPSA) is 123 Å². The number of carbonyl (C=O) groups excluding carboxylic acids is 2. The third-order valence-electron chi connectivity index (χ3n) is 5.86. The average molecular weight is 522 g/mol. The van der Waals surface area contributed by atoms with Gasteiger partial charge in [0.1, 0.15) is 5.41 Å². The molecule has 1 saturated heterocycles. The molecule has 0 spiro atoms. The maximum absolute atomic E-state index is 11.8. The Morgan fingerprint density at radius 3 is 2.34 bits per heavy atom. The van der Waals surface area contributed by atoms with Crippen molar-refractivity contribution in [2.24, 2.45) is 5.41 Å². The zero-order valence-corrected chi connectivity index (χ0v) is 22.6. The summed E-state index contributed by atoms with van der Waals surface area (Å²) in [4.78, 5) is 29.0. The van der Waals surface area contributed by atoms with E-state index in [1.165, 1.54) is 12.6 Å². The molecule has 2 aromatic rings. The Kier molecular flexibility index (Phi) is 9.73. The zero-order valence-electron chi connectivity index (χ0n) is 20.9. The van der Waals surface area contributed by atoms with Crippen LogP contribution in [0.15, 0.2) is 36.5 Å². The first kappa shape index (κ1) is 28.6. The molecule has 2 heterocycles. The minimum Gasteiger partial charge on any atom is -0.361 e. The van der Waals surface area contributed by atoms with Crippen LogP contribution in [0.1, 0.15) is 37.8 Å². The molecule has 0 saturated carbocycles. The van der Waals surface area contributed by atoms with E-state index < -0.39 is 15.4 Å². The van der Waals surface area contributed by atoms with Crippen molar-refractivity contribution >= 4 is 50.1 Å². The Morgan fingerprint density at radius 2 is 1.83 bits per heavy atom. The smallest absolute Gasteiger partial charge is 0.242 e. The minimum absolute atomic E-state index is 0.0116. The number of nitrogens with zero attached hydrogens (tertiary/aromatic N) is 1. The van der Waals surface area contributed by atoms with Crippen molar-refractivity contribution in [1.82, 2.24) is 25.2 Å². The third-order valence-corrected chi connectivity index (χ3v) is 7.40. The highest BCUT2D eigenvalue weighted by molar-refractivity contribution is 7.88. The van der Waals surface area contributed by atoms with Gasteiger partial charge in [-0.3, -0.25) is 9.59 Å². The summed E-state index contributed by atoms with van der Waals surface area (Å²) >= 11 is 4.74. The summed E-state index contributed by atoms with van der Waals surface area (Å²) in [6, 6.07) is 5.75. The van der Waals surface area contributed by atoms with Gasteiger partial charge in [0.15, 0.2) is 5.11 Å². The van der Waals surface area contributed by atoms with E-state index in [-0.39, 0.29) is 22.7 Å². The van der Waals surface area contributed by atoms with Gasteiger partial charge in [-0.2, -0.15) is 0 Å².